The van der Waals surface area contributed by atoms with Crippen LogP contribution >= 0.6 is 23.2 Å². The average Bonchev–Trinajstić information content (AvgIpc) is 2.43. The number of carbonyl (C=O) groups excluding carboxylic acids is 1. The fourth-order valence-electron chi connectivity index (χ4n) is 1.76. The number of rotatable bonds is 7. The number of anilines is 1. The first-order valence-corrected chi connectivity index (χ1v) is 7.32. The van der Waals surface area contributed by atoms with Crippen LogP contribution in [0, 0.1) is 5.92 Å². The van der Waals surface area contributed by atoms with E-state index < -0.39 is 12.0 Å². The molecule has 1 amide bonds. The highest BCUT2D eigenvalue weighted by atomic mass is 35.5. The Bertz CT molecular complexity index is 523. The zero-order valence-corrected chi connectivity index (χ0v) is 13.3. The number of halogens is 2. The zero-order valence-electron chi connectivity index (χ0n) is 11.8. The molecular formula is C14H18Cl2N2O3. The van der Waals surface area contributed by atoms with Gasteiger partial charge in [-0.2, -0.15) is 0 Å². The van der Waals surface area contributed by atoms with Crippen LogP contribution in [-0.2, 0) is 9.59 Å². The Morgan fingerprint density at radius 2 is 2.00 bits per heavy atom. The lowest BCUT2D eigenvalue weighted by molar-refractivity contribution is -0.140. The highest BCUT2D eigenvalue weighted by Gasteiger charge is 2.23. The predicted molar refractivity (Wildman–Crippen MR) is 84.0 cm³/mol. The van der Waals surface area contributed by atoms with E-state index in [0.29, 0.717) is 17.1 Å². The van der Waals surface area contributed by atoms with Gasteiger partial charge in [-0.15, -0.1) is 0 Å². The van der Waals surface area contributed by atoms with Crippen LogP contribution in [0.2, 0.25) is 10.0 Å². The topological polar surface area (TPSA) is 78.4 Å². The Hall–Kier alpha value is -1.30. The first-order valence-electron chi connectivity index (χ1n) is 6.56. The zero-order chi connectivity index (χ0) is 16.0. The number of hydrogen-bond donors (Lipinski definition) is 3. The van der Waals surface area contributed by atoms with E-state index in [9.17, 15) is 9.59 Å². The molecule has 1 aromatic rings. The van der Waals surface area contributed by atoms with E-state index >= 15 is 0 Å². The third-order valence-electron chi connectivity index (χ3n) is 3.19. The number of carboxylic acids is 1. The van der Waals surface area contributed by atoms with E-state index in [0.717, 1.165) is 0 Å². The van der Waals surface area contributed by atoms with Gasteiger partial charge in [-0.3, -0.25) is 14.9 Å². The summed E-state index contributed by atoms with van der Waals surface area (Å²) in [7, 11) is 0. The van der Waals surface area contributed by atoms with E-state index in [1.54, 1.807) is 18.2 Å². The fraction of sp³-hybridized carbons (Fsp3) is 0.429. The van der Waals surface area contributed by atoms with E-state index in [1.165, 1.54) is 0 Å². The maximum atomic E-state index is 11.8. The molecule has 7 heteroatoms. The Kier molecular flexibility index (Phi) is 6.95. The van der Waals surface area contributed by atoms with E-state index in [2.05, 4.69) is 10.6 Å². The van der Waals surface area contributed by atoms with Crippen molar-refractivity contribution in [3.63, 3.8) is 0 Å². The highest BCUT2D eigenvalue weighted by Crippen LogP contribution is 2.29. The molecule has 0 heterocycles. The molecule has 0 aromatic heterocycles. The average molecular weight is 333 g/mol. The molecule has 5 nitrogen and oxygen atoms in total. The van der Waals surface area contributed by atoms with Crippen molar-refractivity contribution in [2.24, 2.45) is 5.92 Å². The molecule has 0 aliphatic carbocycles. The van der Waals surface area contributed by atoms with Gasteiger partial charge in [-0.25, -0.2) is 0 Å². The number of carboxylic acid groups (broad SMARTS) is 1. The van der Waals surface area contributed by atoms with Crippen molar-refractivity contribution in [1.29, 1.82) is 0 Å². The second-order valence-electron chi connectivity index (χ2n) is 4.73. The van der Waals surface area contributed by atoms with Gasteiger partial charge in [0.15, 0.2) is 0 Å². The fourth-order valence-corrected chi connectivity index (χ4v) is 2.11. The number of nitrogens with one attached hydrogen (secondary N) is 2. The molecule has 0 fully saturated rings. The summed E-state index contributed by atoms with van der Waals surface area (Å²) in [5, 5.41) is 15.0. The van der Waals surface area contributed by atoms with Crippen molar-refractivity contribution in [3.8, 4) is 0 Å². The van der Waals surface area contributed by atoms with Crippen LogP contribution in [0.5, 0.6) is 0 Å². The molecule has 0 saturated heterocycles. The summed E-state index contributed by atoms with van der Waals surface area (Å²) in [6.07, 6.45) is 0.700. The minimum atomic E-state index is -0.974. The highest BCUT2D eigenvalue weighted by molar-refractivity contribution is 6.43. The molecule has 1 rings (SSSR count). The minimum Gasteiger partial charge on any atom is -0.480 e. The normalized spacial score (nSPS) is 13.5. The Balaban J connectivity index is 2.61. The van der Waals surface area contributed by atoms with Crippen LogP contribution < -0.4 is 10.6 Å². The van der Waals surface area contributed by atoms with Gasteiger partial charge in [0.2, 0.25) is 5.91 Å². The smallest absolute Gasteiger partial charge is 0.320 e. The molecule has 21 heavy (non-hydrogen) atoms. The SMILES string of the molecule is CC[C@H](C)[C@H](NCC(=O)Nc1cccc(Cl)c1Cl)C(=O)O. The molecule has 0 spiro atoms. The largest absolute Gasteiger partial charge is 0.480 e. The molecule has 0 aliphatic heterocycles. The standard InChI is InChI=1S/C14H18Cl2N2O3/c1-3-8(2)13(14(20)21)17-7-11(19)18-10-6-4-5-9(15)12(10)16/h4-6,8,13,17H,3,7H2,1-2H3,(H,18,19)(H,20,21)/t8-,13-/m0/s1. The maximum Gasteiger partial charge on any atom is 0.320 e. The molecule has 0 radical (unpaired) electrons. The third kappa shape index (κ3) is 5.19. The van der Waals surface area contributed by atoms with Crippen LogP contribution in [0.4, 0.5) is 5.69 Å². The monoisotopic (exact) mass is 332 g/mol. The first kappa shape index (κ1) is 17.8. The van der Waals surface area contributed by atoms with Crippen LogP contribution in [0.3, 0.4) is 0 Å². The summed E-state index contributed by atoms with van der Waals surface area (Å²) in [5.74, 6) is -1.43. The second kappa shape index (κ2) is 8.22. The van der Waals surface area contributed by atoms with Crippen molar-refractivity contribution in [3.05, 3.63) is 28.2 Å². The van der Waals surface area contributed by atoms with Gasteiger partial charge >= 0.3 is 5.97 Å². The molecule has 3 N–H and O–H groups in total. The third-order valence-corrected chi connectivity index (χ3v) is 4.01. The number of carbonyl (C=O) groups is 2. The molecule has 1 aromatic carbocycles. The minimum absolute atomic E-state index is 0.0787. The van der Waals surface area contributed by atoms with Gasteiger partial charge in [-0.1, -0.05) is 49.5 Å². The molecule has 116 valence electrons. The lowest BCUT2D eigenvalue weighted by atomic mass is 9.99. The molecule has 0 bridgehead atoms. The number of hydrogen-bond acceptors (Lipinski definition) is 3. The van der Waals surface area contributed by atoms with Gasteiger partial charge in [0.25, 0.3) is 0 Å². The van der Waals surface area contributed by atoms with E-state index in [4.69, 9.17) is 28.3 Å². The molecule has 0 unspecified atom stereocenters. The van der Waals surface area contributed by atoms with Crippen LogP contribution in [0.15, 0.2) is 18.2 Å². The summed E-state index contributed by atoms with van der Waals surface area (Å²) in [4.78, 5) is 23.0. The van der Waals surface area contributed by atoms with Crippen molar-refractivity contribution in [1.82, 2.24) is 5.32 Å². The number of benzene rings is 1. The summed E-state index contributed by atoms with van der Waals surface area (Å²) < 4.78 is 0. The van der Waals surface area contributed by atoms with Crippen LogP contribution in [-0.4, -0.2) is 29.6 Å². The van der Waals surface area contributed by atoms with Crippen molar-refractivity contribution < 1.29 is 14.7 Å². The summed E-state index contributed by atoms with van der Waals surface area (Å²) in [5.41, 5.74) is 0.395. The summed E-state index contributed by atoms with van der Waals surface area (Å²) in [6.45, 7) is 3.59. The number of aliphatic carboxylic acids is 1. The van der Waals surface area contributed by atoms with Crippen molar-refractivity contribution in [2.45, 2.75) is 26.3 Å². The van der Waals surface area contributed by atoms with Gasteiger partial charge in [0.05, 0.1) is 22.3 Å². The second-order valence-corrected chi connectivity index (χ2v) is 5.52. The van der Waals surface area contributed by atoms with Gasteiger partial charge in [0, 0.05) is 0 Å². The molecule has 2 atom stereocenters. The van der Waals surface area contributed by atoms with E-state index in [-0.39, 0.29) is 23.4 Å². The molecule has 0 saturated carbocycles. The van der Waals surface area contributed by atoms with Crippen LogP contribution in [0.25, 0.3) is 0 Å². The van der Waals surface area contributed by atoms with Crippen LogP contribution in [0.1, 0.15) is 20.3 Å². The lowest BCUT2D eigenvalue weighted by Gasteiger charge is -2.20. The first-order chi connectivity index (χ1) is 9.86. The number of amides is 1. The Labute approximate surface area is 133 Å². The quantitative estimate of drug-likeness (QED) is 0.717. The van der Waals surface area contributed by atoms with Gasteiger partial charge in [0.1, 0.15) is 6.04 Å². The summed E-state index contributed by atoms with van der Waals surface area (Å²) >= 11 is 11.8. The predicted octanol–water partition coefficient (Wildman–Crippen LogP) is 3.02. The van der Waals surface area contributed by atoms with E-state index in [1.807, 2.05) is 13.8 Å². The van der Waals surface area contributed by atoms with Gasteiger partial charge < -0.3 is 10.4 Å². The van der Waals surface area contributed by atoms with Gasteiger partial charge in [-0.05, 0) is 18.1 Å². The lowest BCUT2D eigenvalue weighted by Crippen LogP contribution is -2.45. The van der Waals surface area contributed by atoms with Crippen molar-refractivity contribution >= 4 is 40.8 Å². The summed E-state index contributed by atoms with van der Waals surface area (Å²) in [6, 6.07) is 4.13. The Morgan fingerprint density at radius 1 is 1.33 bits per heavy atom. The maximum absolute atomic E-state index is 11.8. The van der Waals surface area contributed by atoms with Crippen molar-refractivity contribution in [2.75, 3.05) is 11.9 Å². The Morgan fingerprint density at radius 3 is 2.57 bits per heavy atom. The molecular weight excluding hydrogens is 315 g/mol. The molecule has 0 aliphatic rings.